The van der Waals surface area contributed by atoms with E-state index in [1.165, 1.54) is 6.92 Å². The van der Waals surface area contributed by atoms with Crippen molar-refractivity contribution in [2.24, 2.45) is 0 Å². The molecule has 0 radical (unpaired) electrons. The summed E-state index contributed by atoms with van der Waals surface area (Å²) in [5.41, 5.74) is 0. The summed E-state index contributed by atoms with van der Waals surface area (Å²) in [4.78, 5) is 25.4. The second-order valence-electron chi connectivity index (χ2n) is 2.34. The lowest BCUT2D eigenvalue weighted by Gasteiger charge is -2.16. The minimum Gasteiger partial charge on any atom is -0.307 e. The van der Waals surface area contributed by atoms with Crippen molar-refractivity contribution in [3.63, 3.8) is 0 Å². The van der Waals surface area contributed by atoms with Crippen LogP contribution in [0.3, 0.4) is 0 Å². The Bertz CT molecular complexity index is 237. The molecule has 0 fully saturated rings. The summed E-state index contributed by atoms with van der Waals surface area (Å²) in [6.07, 6.45) is 0.750. The van der Waals surface area contributed by atoms with E-state index in [0.29, 0.717) is 0 Å². The van der Waals surface area contributed by atoms with Gasteiger partial charge in [0.05, 0.1) is 19.8 Å². The minimum absolute atomic E-state index is 0.0867. The van der Waals surface area contributed by atoms with Crippen LogP contribution in [0.25, 0.3) is 0 Å². The van der Waals surface area contributed by atoms with Gasteiger partial charge in [-0.2, -0.15) is 0 Å². The highest BCUT2D eigenvalue weighted by Crippen LogP contribution is 2.49. The largest absolute Gasteiger partial charge is 0.474 e. The van der Waals surface area contributed by atoms with E-state index < -0.39 is 7.82 Å². The van der Waals surface area contributed by atoms with Gasteiger partial charge in [-0.3, -0.25) is 18.4 Å². The van der Waals surface area contributed by atoms with Gasteiger partial charge >= 0.3 is 7.82 Å². The van der Waals surface area contributed by atoms with Crippen molar-refractivity contribution in [2.75, 3.05) is 37.5 Å². The van der Waals surface area contributed by atoms with Crippen molar-refractivity contribution in [1.29, 1.82) is 0 Å². The zero-order chi connectivity index (χ0) is 18.3. The predicted octanol–water partition coefficient (Wildman–Crippen LogP) is 3.30. The van der Waals surface area contributed by atoms with Gasteiger partial charge in [-0.1, -0.05) is 0 Å². The van der Waals surface area contributed by atoms with Crippen LogP contribution < -0.4 is 0 Å². The fraction of sp³-hybridized carbons (Fsp3) is 0.700. The highest BCUT2D eigenvalue weighted by molar-refractivity contribution is 7.48. The Morgan fingerprint density at radius 2 is 1.09 bits per heavy atom. The molecule has 0 atom stereocenters. The average Bonchev–Trinajstić information content (AvgIpc) is 2.53. The van der Waals surface area contributed by atoms with Crippen molar-refractivity contribution in [3.05, 3.63) is 0 Å². The summed E-state index contributed by atoms with van der Waals surface area (Å²) >= 11 is 20.4. The number of carbonyl (C=O) groups excluding carboxylic acids is 3. The molecule has 7 nitrogen and oxygen atoms in total. The number of phosphoric ester groups is 1. The van der Waals surface area contributed by atoms with Crippen LogP contribution in [0.5, 0.6) is 0 Å². The molecule has 12 heteroatoms. The second-order valence-corrected chi connectivity index (χ2v) is 5.32. The number of aldehydes is 1. The maximum atomic E-state index is 11.6. The monoisotopic (exact) mass is 422 g/mol. The molecule has 0 bridgehead atoms. The number of phosphoric acid groups is 1. The fourth-order valence-electron chi connectivity index (χ4n) is 0.551. The van der Waals surface area contributed by atoms with Crippen molar-refractivity contribution in [2.45, 2.75) is 6.92 Å². The Balaban J connectivity index is -0.000000170. The molecule has 0 unspecified atom stereocenters. The van der Waals surface area contributed by atoms with Crippen LogP contribution in [0, 0.1) is 0 Å². The summed E-state index contributed by atoms with van der Waals surface area (Å²) in [5, 5.41) is 0. The van der Waals surface area contributed by atoms with Crippen molar-refractivity contribution in [1.82, 2.24) is 0 Å². The highest BCUT2D eigenvalue weighted by Gasteiger charge is 2.25. The molecule has 0 amide bonds. The first-order valence-corrected chi connectivity index (χ1v) is 8.95. The zero-order valence-electron chi connectivity index (χ0n) is 11.9. The number of halogens is 4. The van der Waals surface area contributed by atoms with E-state index >= 15 is 0 Å². The number of hydrogen-bond donors (Lipinski definition) is 0. The van der Waals surface area contributed by atoms with Crippen molar-refractivity contribution < 1.29 is 32.5 Å². The topological polar surface area (TPSA) is 96.0 Å². The van der Waals surface area contributed by atoms with Gasteiger partial charge in [-0.25, -0.2) is 4.57 Å². The summed E-state index contributed by atoms with van der Waals surface area (Å²) in [6, 6.07) is 0. The summed E-state index contributed by atoms with van der Waals surface area (Å²) in [5.74, 6) is 0.843. The Morgan fingerprint density at radius 1 is 0.909 bits per heavy atom. The van der Waals surface area contributed by atoms with Crippen molar-refractivity contribution in [3.8, 4) is 0 Å². The predicted molar refractivity (Wildman–Crippen MR) is 89.1 cm³/mol. The molecular formula is C10H19Cl4O7P. The van der Waals surface area contributed by atoms with E-state index in [1.807, 2.05) is 6.79 Å². The lowest BCUT2D eigenvalue weighted by Crippen LogP contribution is -2.05. The van der Waals surface area contributed by atoms with Gasteiger partial charge in [-0.15, -0.1) is 34.8 Å². The standard InChI is InChI=1S/C6H12Cl3O4P.C2H4O.CHClO.CH2O/c7-1-4-11-14(10,12-5-2-8)13-6-3-9;1-2-3;2-1-3;1-2/h1-6H2;2H,1H3;1H;1H2. The van der Waals surface area contributed by atoms with E-state index in [-0.39, 0.29) is 43.2 Å². The Hall–Kier alpha value is 0.280. The molecule has 0 saturated heterocycles. The van der Waals surface area contributed by atoms with Gasteiger partial charge in [0, 0.05) is 17.6 Å². The molecule has 0 rings (SSSR count). The molecule has 0 saturated carbocycles. The van der Waals surface area contributed by atoms with E-state index in [9.17, 15) is 4.57 Å². The van der Waals surface area contributed by atoms with E-state index in [2.05, 4.69) is 11.6 Å². The number of alkyl halides is 3. The minimum atomic E-state index is -3.52. The molecule has 0 spiro atoms. The third kappa shape index (κ3) is 32.3. The molecule has 0 aromatic carbocycles. The third-order valence-corrected chi connectivity index (χ3v) is 2.94. The van der Waals surface area contributed by atoms with Crippen LogP contribution in [-0.2, 0) is 32.5 Å². The maximum absolute atomic E-state index is 11.6. The molecule has 0 heterocycles. The molecule has 0 aromatic rings. The lowest BCUT2D eigenvalue weighted by atomic mass is 10.9. The smallest absolute Gasteiger partial charge is 0.307 e. The summed E-state index contributed by atoms with van der Waals surface area (Å²) in [6.45, 7) is 3.70. The van der Waals surface area contributed by atoms with Crippen LogP contribution in [0.2, 0.25) is 0 Å². The van der Waals surface area contributed by atoms with Crippen LogP contribution in [0.4, 0.5) is 0 Å². The SMILES string of the molecule is C=O.CC=O.O=CCl.O=P(OCCCl)(OCCCl)OCCCl. The van der Waals surface area contributed by atoms with E-state index in [4.69, 9.17) is 62.8 Å². The molecule has 0 aliphatic rings. The first-order valence-electron chi connectivity index (χ1n) is 5.45. The second kappa shape index (κ2) is 29.3. The molecule has 0 aromatic heterocycles. The van der Waals surface area contributed by atoms with Crippen LogP contribution >= 0.6 is 54.2 Å². The van der Waals surface area contributed by atoms with E-state index in [0.717, 1.165) is 6.29 Å². The molecule has 134 valence electrons. The maximum Gasteiger partial charge on any atom is 0.474 e. The van der Waals surface area contributed by atoms with Gasteiger partial charge in [0.15, 0.2) is 0 Å². The number of rotatable bonds is 9. The summed E-state index contributed by atoms with van der Waals surface area (Å²) in [7, 11) is -3.52. The Kier molecular flexibility index (Phi) is 40.2. The first-order chi connectivity index (χ1) is 10.5. The normalized spacial score (nSPS) is 8.95. The van der Waals surface area contributed by atoms with Crippen LogP contribution in [0.1, 0.15) is 6.92 Å². The van der Waals surface area contributed by atoms with Crippen LogP contribution in [-0.4, -0.2) is 56.3 Å². The fourth-order valence-corrected chi connectivity index (χ4v) is 2.27. The highest BCUT2D eigenvalue weighted by atomic mass is 35.5. The first kappa shape index (κ1) is 30.2. The van der Waals surface area contributed by atoms with Gasteiger partial charge < -0.3 is 9.59 Å². The van der Waals surface area contributed by atoms with Gasteiger partial charge in [0.2, 0.25) is 5.75 Å². The third-order valence-electron chi connectivity index (χ3n) is 0.980. The lowest BCUT2D eigenvalue weighted by molar-refractivity contribution is -0.106. The van der Waals surface area contributed by atoms with Gasteiger partial charge in [0.25, 0.3) is 0 Å². The van der Waals surface area contributed by atoms with Crippen LogP contribution in [0.15, 0.2) is 0 Å². The van der Waals surface area contributed by atoms with Gasteiger partial charge in [-0.05, 0) is 18.5 Å². The van der Waals surface area contributed by atoms with Gasteiger partial charge in [0.1, 0.15) is 13.1 Å². The number of hydrogen-bond acceptors (Lipinski definition) is 7. The molecule has 22 heavy (non-hydrogen) atoms. The molecular weight excluding hydrogens is 405 g/mol. The molecule has 0 aliphatic heterocycles. The van der Waals surface area contributed by atoms with E-state index in [1.54, 1.807) is 0 Å². The zero-order valence-corrected chi connectivity index (χ0v) is 15.8. The number of carbonyl (C=O) groups is 3. The average molecular weight is 424 g/mol. The Morgan fingerprint density at radius 3 is 1.23 bits per heavy atom. The van der Waals surface area contributed by atoms with Crippen molar-refractivity contribution >= 4 is 73.0 Å². The summed E-state index contributed by atoms with van der Waals surface area (Å²) < 4.78 is 26.2. The molecule has 0 N–H and O–H groups in total. The molecule has 0 aliphatic carbocycles. The Labute approximate surface area is 150 Å². The quantitative estimate of drug-likeness (QED) is 0.243.